The maximum Gasteiger partial charge on any atom is 0.418 e. The summed E-state index contributed by atoms with van der Waals surface area (Å²) in [6, 6.07) is 0. The van der Waals surface area contributed by atoms with Crippen molar-refractivity contribution in [3.63, 3.8) is 0 Å². The lowest BCUT2D eigenvalue weighted by atomic mass is 10.2. The molecule has 0 aliphatic heterocycles. The Bertz CT molecular complexity index is 225. The van der Waals surface area contributed by atoms with Crippen LogP contribution in [0.5, 0.6) is 0 Å². The Morgan fingerprint density at radius 3 is 1.65 bits per heavy atom. The van der Waals surface area contributed by atoms with Crippen molar-refractivity contribution in [1.29, 1.82) is 0 Å². The van der Waals surface area contributed by atoms with Gasteiger partial charge in [-0.2, -0.15) is 31.3 Å². The Balaban J connectivity index is 0. The zero-order valence-electron chi connectivity index (χ0n) is 8.12. The van der Waals surface area contributed by atoms with Gasteiger partial charge in [0.05, 0.1) is 6.42 Å². The fourth-order valence-electron chi connectivity index (χ4n) is 0.408. The van der Waals surface area contributed by atoms with Gasteiger partial charge in [-0.15, -0.1) is 4.39 Å². The molecule has 11 heteroatoms. The molecule has 0 aromatic heterocycles. The summed E-state index contributed by atoms with van der Waals surface area (Å²) in [6.45, 7) is 0. The van der Waals surface area contributed by atoms with E-state index in [9.17, 15) is 35.3 Å². The molecule has 0 saturated carbocycles. The Morgan fingerprint density at radius 1 is 1.24 bits per heavy atom. The number of carbonyl (C=O) groups excluding carboxylic acids is 1. The highest BCUT2D eigenvalue weighted by molar-refractivity contribution is 5.64. The van der Waals surface area contributed by atoms with E-state index in [4.69, 9.17) is 4.79 Å². The van der Waals surface area contributed by atoms with Crippen LogP contribution >= 0.6 is 0 Å². The first-order valence-electron chi connectivity index (χ1n) is 3.72. The molecule has 0 heterocycles. The summed E-state index contributed by atoms with van der Waals surface area (Å²) >= 11 is 0. The smallest absolute Gasteiger partial charge is 0.331 e. The van der Waals surface area contributed by atoms with Crippen LogP contribution in [0.15, 0.2) is 0 Å². The predicted molar refractivity (Wildman–Crippen MR) is 38.3 cm³/mol. The minimum Gasteiger partial charge on any atom is -0.331 e. The van der Waals surface area contributed by atoms with Gasteiger partial charge in [-0.3, -0.25) is 0 Å². The maximum atomic E-state index is 11.4. The van der Waals surface area contributed by atoms with Gasteiger partial charge < -0.3 is 5.32 Å². The van der Waals surface area contributed by atoms with Crippen LogP contribution in [0.3, 0.4) is 0 Å². The van der Waals surface area contributed by atoms with E-state index in [0.29, 0.717) is 0 Å². The molecule has 1 amide bonds. The third-order valence-electron chi connectivity index (χ3n) is 1.09. The molecule has 0 aromatic carbocycles. The van der Waals surface area contributed by atoms with Gasteiger partial charge in [0.25, 0.3) is 0 Å². The van der Waals surface area contributed by atoms with Gasteiger partial charge in [0.2, 0.25) is 6.10 Å². The molecule has 1 N–H and O–H groups in total. The van der Waals surface area contributed by atoms with Crippen molar-refractivity contribution < 1.29 is 45.0 Å². The van der Waals surface area contributed by atoms with Gasteiger partial charge >= 0.3 is 18.5 Å². The number of amides is 1. The number of hydrogen-bond donors (Lipinski definition) is 1. The van der Waals surface area contributed by atoms with E-state index in [-0.39, 0.29) is 0 Å². The van der Waals surface area contributed by atoms with Crippen molar-refractivity contribution in [3.05, 3.63) is 0 Å². The lowest BCUT2D eigenvalue weighted by Crippen LogP contribution is -2.34. The lowest BCUT2D eigenvalue weighted by molar-refractivity contribution is -0.317. The summed E-state index contributed by atoms with van der Waals surface area (Å²) in [7, 11) is 1.22. The summed E-state index contributed by atoms with van der Waals surface area (Å²) in [6.07, 6.45) is -17.8. The molecule has 17 heavy (non-hydrogen) atoms. The number of nitrogens with one attached hydrogen (secondary N) is 1. The van der Waals surface area contributed by atoms with Crippen molar-refractivity contribution in [2.75, 3.05) is 7.05 Å². The Morgan fingerprint density at radius 2 is 1.59 bits per heavy atom. The first-order chi connectivity index (χ1) is 7.44. The standard InChI is InChI=1S/C4H3F7O.C2H4FNO/c5-3(6,7)1-2(12-11)4(8,9)10;1-4-2(3)5/h2H,1H2;1H3,(H,4,5). The first kappa shape index (κ1) is 18.2. The second-order valence-electron chi connectivity index (χ2n) is 2.46. The minimum atomic E-state index is -5.34. The molecule has 1 unspecified atom stereocenters. The van der Waals surface area contributed by atoms with Crippen LogP contribution in [-0.2, 0) is 4.94 Å². The van der Waals surface area contributed by atoms with Crippen molar-refractivity contribution in [1.82, 2.24) is 5.32 Å². The lowest BCUT2D eigenvalue weighted by Gasteiger charge is -2.16. The van der Waals surface area contributed by atoms with Gasteiger partial charge in [-0.05, 0) is 4.53 Å². The van der Waals surface area contributed by atoms with Gasteiger partial charge in [-0.25, -0.2) is 4.79 Å². The van der Waals surface area contributed by atoms with Crippen LogP contribution in [0, 0.1) is 0 Å². The van der Waals surface area contributed by atoms with Crippen LogP contribution in [-0.4, -0.2) is 31.7 Å². The van der Waals surface area contributed by atoms with Crippen LogP contribution < -0.4 is 5.32 Å². The molecule has 0 spiro atoms. The predicted octanol–water partition coefficient (Wildman–Crippen LogP) is 3.07. The van der Waals surface area contributed by atoms with Crippen LogP contribution in [0.2, 0.25) is 0 Å². The van der Waals surface area contributed by atoms with Crippen molar-refractivity contribution in [3.8, 4) is 0 Å². The molecule has 0 radical (unpaired) electrons. The van der Waals surface area contributed by atoms with Crippen molar-refractivity contribution in [2.45, 2.75) is 24.9 Å². The number of halogens is 8. The highest BCUT2D eigenvalue weighted by Crippen LogP contribution is 2.32. The highest BCUT2D eigenvalue weighted by atomic mass is 19.4. The number of hydrogen-bond acceptors (Lipinski definition) is 2. The summed E-state index contributed by atoms with van der Waals surface area (Å²) in [5.74, 6) is 0. The largest absolute Gasteiger partial charge is 0.418 e. The fraction of sp³-hybridized carbons (Fsp3) is 0.833. The molecule has 1 atom stereocenters. The van der Waals surface area contributed by atoms with Crippen LogP contribution in [0.1, 0.15) is 6.42 Å². The maximum absolute atomic E-state index is 11.4. The van der Waals surface area contributed by atoms with E-state index in [1.165, 1.54) is 7.05 Å². The molecule has 0 rings (SSSR count). The topological polar surface area (TPSA) is 38.3 Å². The Kier molecular flexibility index (Phi) is 7.77. The molecule has 0 bridgehead atoms. The third kappa shape index (κ3) is 12.8. The number of alkyl halides is 6. The molecular formula is C6H7F8NO2. The molecule has 0 saturated heterocycles. The van der Waals surface area contributed by atoms with Gasteiger partial charge in [0, 0.05) is 7.05 Å². The number of carbonyl (C=O) groups is 1. The van der Waals surface area contributed by atoms with E-state index >= 15 is 0 Å². The fourth-order valence-corrected chi connectivity index (χ4v) is 0.408. The van der Waals surface area contributed by atoms with E-state index in [0.717, 1.165) is 0 Å². The second kappa shape index (κ2) is 7.25. The average molecular weight is 277 g/mol. The van der Waals surface area contributed by atoms with Crippen LogP contribution in [0.25, 0.3) is 0 Å². The zero-order chi connectivity index (χ0) is 14.3. The molecule has 0 fully saturated rings. The molecule has 0 aliphatic carbocycles. The Labute approximate surface area is 89.6 Å². The van der Waals surface area contributed by atoms with Crippen molar-refractivity contribution >= 4 is 6.16 Å². The quantitative estimate of drug-likeness (QED) is 0.478. The van der Waals surface area contributed by atoms with E-state index in [1.807, 2.05) is 0 Å². The second-order valence-corrected chi connectivity index (χ2v) is 2.46. The highest BCUT2D eigenvalue weighted by Gasteiger charge is 2.48. The summed E-state index contributed by atoms with van der Waals surface area (Å²) in [4.78, 5) is 11.2. The van der Waals surface area contributed by atoms with E-state index < -0.39 is 31.0 Å². The number of rotatable bonds is 2. The summed E-state index contributed by atoms with van der Waals surface area (Å²) in [5.41, 5.74) is 0. The monoisotopic (exact) mass is 277 g/mol. The molecule has 104 valence electrons. The molecular weight excluding hydrogens is 270 g/mol. The average Bonchev–Trinajstić information content (AvgIpc) is 2.12. The SMILES string of the molecule is CNC(=O)F.FOC(CC(F)(F)F)C(F)(F)F. The molecule has 3 nitrogen and oxygen atoms in total. The van der Waals surface area contributed by atoms with Gasteiger partial charge in [0.15, 0.2) is 0 Å². The van der Waals surface area contributed by atoms with Gasteiger partial charge in [0.1, 0.15) is 0 Å². The van der Waals surface area contributed by atoms with Crippen LogP contribution in [0.4, 0.5) is 40.1 Å². The third-order valence-corrected chi connectivity index (χ3v) is 1.09. The first-order valence-corrected chi connectivity index (χ1v) is 3.72. The zero-order valence-corrected chi connectivity index (χ0v) is 8.12. The molecule has 0 aromatic rings. The van der Waals surface area contributed by atoms with Gasteiger partial charge in [-0.1, -0.05) is 0 Å². The molecule has 0 aliphatic rings. The van der Waals surface area contributed by atoms with E-state index in [1.54, 1.807) is 5.32 Å². The van der Waals surface area contributed by atoms with E-state index in [2.05, 4.69) is 4.94 Å². The summed E-state index contributed by atoms with van der Waals surface area (Å²) in [5, 5.41) is 1.72. The summed E-state index contributed by atoms with van der Waals surface area (Å²) < 4.78 is 89.6. The normalized spacial score (nSPS) is 13.5. The van der Waals surface area contributed by atoms with Crippen molar-refractivity contribution in [2.24, 2.45) is 0 Å². The minimum absolute atomic E-state index is 1.22. The Hall–Kier alpha value is -1.13.